The molecule has 164 valence electrons. The number of nitrogens with zero attached hydrogens (tertiary/aromatic N) is 3. The third kappa shape index (κ3) is 4.04. The van der Waals surface area contributed by atoms with Crippen LogP contribution in [0.3, 0.4) is 0 Å². The van der Waals surface area contributed by atoms with Gasteiger partial charge in [-0.2, -0.15) is 4.98 Å². The molecule has 0 radical (unpaired) electrons. The zero-order valence-corrected chi connectivity index (χ0v) is 18.0. The number of ether oxygens (including phenoxy) is 2. The molecule has 2 heterocycles. The maximum Gasteiger partial charge on any atom is 0.270 e. The standard InChI is InChI=1S/C23H23N5O4/c1-23(2)11-18(14-5-4-6-16(10-14)28(29)30)17-8-13(9-19(31-3)20(17)32-23)7-15-12-26-22(25)27-21(15)24/h4-6,8-12H,7H2,1-3H3,(H4,24,25,26,27). The molecule has 9 nitrogen and oxygen atoms in total. The largest absolute Gasteiger partial charge is 0.493 e. The average molecular weight is 433 g/mol. The van der Waals surface area contributed by atoms with E-state index in [9.17, 15) is 10.1 Å². The Hall–Kier alpha value is -4.14. The van der Waals surface area contributed by atoms with Crippen LogP contribution in [0, 0.1) is 10.1 Å². The van der Waals surface area contributed by atoms with E-state index >= 15 is 0 Å². The number of nitro benzene ring substituents is 1. The van der Waals surface area contributed by atoms with Crippen LogP contribution in [0.1, 0.15) is 36.1 Å². The van der Waals surface area contributed by atoms with Gasteiger partial charge in [0, 0.05) is 35.9 Å². The van der Waals surface area contributed by atoms with Gasteiger partial charge >= 0.3 is 0 Å². The Labute approximate surface area is 184 Å². The van der Waals surface area contributed by atoms with E-state index < -0.39 is 10.5 Å². The third-order valence-electron chi connectivity index (χ3n) is 5.16. The molecule has 32 heavy (non-hydrogen) atoms. The molecule has 2 aromatic carbocycles. The summed E-state index contributed by atoms with van der Waals surface area (Å²) in [5.74, 6) is 1.55. The molecule has 0 saturated carbocycles. The summed E-state index contributed by atoms with van der Waals surface area (Å²) in [6, 6.07) is 10.4. The molecule has 3 aromatic rings. The van der Waals surface area contributed by atoms with E-state index in [-0.39, 0.29) is 11.6 Å². The number of hydrogen-bond donors (Lipinski definition) is 2. The number of nitro groups is 1. The SMILES string of the molecule is COc1cc(Cc2cnc(N)nc2N)cc2c1OC(C)(C)C=C2c1cccc([N+](=O)[O-])c1. The average Bonchev–Trinajstić information content (AvgIpc) is 2.74. The number of methoxy groups -OCH3 is 1. The first kappa shape index (κ1) is 21.1. The normalized spacial score (nSPS) is 14.2. The van der Waals surface area contributed by atoms with Crippen LogP contribution in [0.2, 0.25) is 0 Å². The van der Waals surface area contributed by atoms with Crippen molar-refractivity contribution in [1.29, 1.82) is 0 Å². The van der Waals surface area contributed by atoms with Crippen molar-refractivity contribution in [2.75, 3.05) is 18.6 Å². The monoisotopic (exact) mass is 433 g/mol. The van der Waals surface area contributed by atoms with Crippen molar-refractivity contribution in [3.8, 4) is 11.5 Å². The van der Waals surface area contributed by atoms with Gasteiger partial charge in [-0.25, -0.2) is 4.98 Å². The summed E-state index contributed by atoms with van der Waals surface area (Å²) in [5.41, 5.74) is 14.9. The highest BCUT2D eigenvalue weighted by Crippen LogP contribution is 2.46. The van der Waals surface area contributed by atoms with Crippen molar-refractivity contribution in [2.24, 2.45) is 0 Å². The first-order valence-corrected chi connectivity index (χ1v) is 9.91. The highest BCUT2D eigenvalue weighted by atomic mass is 16.6. The zero-order chi connectivity index (χ0) is 23.0. The summed E-state index contributed by atoms with van der Waals surface area (Å²) in [4.78, 5) is 19.0. The Bertz CT molecular complexity index is 1250. The lowest BCUT2D eigenvalue weighted by Crippen LogP contribution is -2.29. The molecule has 9 heteroatoms. The number of anilines is 2. The molecule has 0 bridgehead atoms. The lowest BCUT2D eigenvalue weighted by molar-refractivity contribution is -0.384. The molecule has 1 aliphatic heterocycles. The van der Waals surface area contributed by atoms with E-state index in [0.29, 0.717) is 29.3 Å². The Morgan fingerprint density at radius 2 is 2.00 bits per heavy atom. The number of nitrogens with two attached hydrogens (primary N) is 2. The van der Waals surface area contributed by atoms with Gasteiger partial charge in [0.15, 0.2) is 11.5 Å². The van der Waals surface area contributed by atoms with E-state index in [1.807, 2.05) is 38.1 Å². The fourth-order valence-corrected chi connectivity index (χ4v) is 3.75. The molecule has 0 amide bonds. The van der Waals surface area contributed by atoms with Gasteiger partial charge in [0.1, 0.15) is 11.4 Å². The number of aromatic nitrogens is 2. The van der Waals surface area contributed by atoms with Crippen LogP contribution < -0.4 is 20.9 Å². The molecule has 0 unspecified atom stereocenters. The maximum absolute atomic E-state index is 11.3. The summed E-state index contributed by atoms with van der Waals surface area (Å²) in [7, 11) is 1.57. The Kier molecular flexibility index (Phi) is 5.17. The van der Waals surface area contributed by atoms with Crippen LogP contribution >= 0.6 is 0 Å². The van der Waals surface area contributed by atoms with E-state index in [1.54, 1.807) is 25.4 Å². The van der Waals surface area contributed by atoms with Crippen LogP contribution in [-0.2, 0) is 6.42 Å². The smallest absolute Gasteiger partial charge is 0.270 e. The topological polar surface area (TPSA) is 139 Å². The van der Waals surface area contributed by atoms with Crippen molar-refractivity contribution in [3.63, 3.8) is 0 Å². The molecule has 0 atom stereocenters. The van der Waals surface area contributed by atoms with Crippen molar-refractivity contribution < 1.29 is 14.4 Å². The highest BCUT2D eigenvalue weighted by molar-refractivity contribution is 5.87. The van der Waals surface area contributed by atoms with E-state index in [0.717, 1.165) is 22.3 Å². The van der Waals surface area contributed by atoms with Crippen LogP contribution in [0.4, 0.5) is 17.5 Å². The molecule has 4 N–H and O–H groups in total. The van der Waals surface area contributed by atoms with Gasteiger partial charge in [-0.3, -0.25) is 10.1 Å². The molecule has 1 aliphatic rings. The lowest BCUT2D eigenvalue weighted by atomic mass is 9.88. The molecular weight excluding hydrogens is 410 g/mol. The van der Waals surface area contributed by atoms with Crippen molar-refractivity contribution in [3.05, 3.63) is 81.0 Å². The Balaban J connectivity index is 1.86. The van der Waals surface area contributed by atoms with Crippen molar-refractivity contribution in [1.82, 2.24) is 9.97 Å². The molecule has 4 rings (SSSR count). The number of fused-ring (bicyclic) bond motifs is 1. The van der Waals surface area contributed by atoms with E-state index in [1.165, 1.54) is 6.07 Å². The molecule has 0 fully saturated rings. The van der Waals surface area contributed by atoms with Gasteiger partial charge in [-0.05, 0) is 48.8 Å². The Morgan fingerprint density at radius 1 is 1.22 bits per heavy atom. The fourth-order valence-electron chi connectivity index (χ4n) is 3.75. The minimum atomic E-state index is -0.642. The zero-order valence-electron chi connectivity index (χ0n) is 18.0. The second kappa shape index (κ2) is 7.84. The minimum Gasteiger partial charge on any atom is -0.493 e. The quantitative estimate of drug-likeness (QED) is 0.458. The first-order valence-electron chi connectivity index (χ1n) is 9.91. The molecule has 1 aromatic heterocycles. The number of non-ortho nitro benzene ring substituents is 1. The number of nitrogen functional groups attached to an aromatic ring is 2. The van der Waals surface area contributed by atoms with Gasteiger partial charge in [0.05, 0.1) is 12.0 Å². The fraction of sp³-hybridized carbons (Fsp3) is 0.217. The van der Waals surface area contributed by atoms with Crippen LogP contribution in [0.5, 0.6) is 11.5 Å². The number of hydrogen-bond acceptors (Lipinski definition) is 8. The van der Waals surface area contributed by atoms with Crippen molar-refractivity contribution in [2.45, 2.75) is 25.9 Å². The summed E-state index contributed by atoms with van der Waals surface area (Å²) < 4.78 is 11.9. The summed E-state index contributed by atoms with van der Waals surface area (Å²) in [6.07, 6.45) is 4.00. The second-order valence-electron chi connectivity index (χ2n) is 8.06. The van der Waals surface area contributed by atoms with Gasteiger partial charge < -0.3 is 20.9 Å². The number of rotatable bonds is 5. The molecule has 0 aliphatic carbocycles. The van der Waals surface area contributed by atoms with Gasteiger partial charge in [-0.1, -0.05) is 12.1 Å². The summed E-state index contributed by atoms with van der Waals surface area (Å²) in [6.45, 7) is 3.85. The second-order valence-corrected chi connectivity index (χ2v) is 8.06. The van der Waals surface area contributed by atoms with Crippen LogP contribution in [0.25, 0.3) is 5.57 Å². The predicted octanol–water partition coefficient (Wildman–Crippen LogP) is 3.75. The van der Waals surface area contributed by atoms with Gasteiger partial charge in [0.25, 0.3) is 5.69 Å². The molecule has 0 spiro atoms. The van der Waals surface area contributed by atoms with E-state index in [4.69, 9.17) is 20.9 Å². The predicted molar refractivity (Wildman–Crippen MR) is 122 cm³/mol. The third-order valence-corrected chi connectivity index (χ3v) is 5.16. The Morgan fingerprint density at radius 3 is 2.69 bits per heavy atom. The van der Waals surface area contributed by atoms with Crippen LogP contribution in [0.15, 0.2) is 48.7 Å². The lowest BCUT2D eigenvalue weighted by Gasteiger charge is -2.32. The first-order chi connectivity index (χ1) is 15.2. The van der Waals surface area contributed by atoms with Gasteiger partial charge in [-0.15, -0.1) is 0 Å². The molecular formula is C23H23N5O4. The van der Waals surface area contributed by atoms with Crippen molar-refractivity contribution >= 4 is 23.0 Å². The minimum absolute atomic E-state index is 0.0177. The number of benzene rings is 2. The summed E-state index contributed by atoms with van der Waals surface area (Å²) in [5, 5.41) is 11.3. The van der Waals surface area contributed by atoms with Crippen LogP contribution in [-0.4, -0.2) is 27.6 Å². The highest BCUT2D eigenvalue weighted by Gasteiger charge is 2.31. The van der Waals surface area contributed by atoms with Gasteiger partial charge in [0.2, 0.25) is 5.95 Å². The maximum atomic E-state index is 11.3. The summed E-state index contributed by atoms with van der Waals surface area (Å²) >= 11 is 0. The van der Waals surface area contributed by atoms with E-state index in [2.05, 4.69) is 9.97 Å². The molecule has 0 saturated heterocycles.